The summed E-state index contributed by atoms with van der Waals surface area (Å²) in [5.74, 6) is 0.429. The third kappa shape index (κ3) is 6.39. The van der Waals surface area contributed by atoms with Crippen LogP contribution >= 0.6 is 0 Å². The number of nitrogens with zero attached hydrogens (tertiary/aromatic N) is 2. The molecule has 56 heavy (non-hydrogen) atoms. The van der Waals surface area contributed by atoms with Crippen LogP contribution < -0.4 is 9.80 Å². The molecule has 274 valence electrons. The number of aryl methyl sites for hydroxylation is 3. The lowest BCUT2D eigenvalue weighted by molar-refractivity contribution is 0.660. The maximum atomic E-state index is 3.67. The van der Waals surface area contributed by atoms with Gasteiger partial charge in [0, 0.05) is 61.9 Å². The van der Waals surface area contributed by atoms with Gasteiger partial charge in [0.2, 0.25) is 0 Å². The monoisotopic (exact) mass is 725 g/mol. The average Bonchev–Trinajstić information content (AvgIpc) is 3.59. The topological polar surface area (TPSA) is 22.3 Å². The number of allylic oxidation sites excluding steroid dienone is 4. The van der Waals surface area contributed by atoms with Crippen LogP contribution in [0.1, 0.15) is 37.0 Å². The van der Waals surface area contributed by atoms with Crippen molar-refractivity contribution in [3.05, 3.63) is 198 Å². The molecule has 7 aromatic carbocycles. The highest BCUT2D eigenvalue weighted by molar-refractivity contribution is 6.09. The molecule has 1 heterocycles. The smallest absolute Gasteiger partial charge is 0.0490 e. The van der Waals surface area contributed by atoms with E-state index in [4.69, 9.17) is 0 Å². The van der Waals surface area contributed by atoms with Crippen LogP contribution in [0, 0.1) is 26.7 Å². The van der Waals surface area contributed by atoms with Crippen molar-refractivity contribution in [1.29, 1.82) is 0 Å². The fourth-order valence-electron chi connectivity index (χ4n) is 8.55. The molecule has 0 saturated carbocycles. The number of H-pyrrole nitrogens is 1. The molecule has 3 heteroatoms. The van der Waals surface area contributed by atoms with Gasteiger partial charge in [-0.2, -0.15) is 0 Å². The molecular weight excluding hydrogens is 679 g/mol. The van der Waals surface area contributed by atoms with Gasteiger partial charge in [0.05, 0.1) is 0 Å². The predicted molar refractivity (Wildman–Crippen MR) is 240 cm³/mol. The maximum absolute atomic E-state index is 3.67. The lowest BCUT2D eigenvalue weighted by Crippen LogP contribution is -2.24. The second-order valence-electron chi connectivity index (χ2n) is 15.4. The summed E-state index contributed by atoms with van der Waals surface area (Å²) < 4.78 is 0. The molecule has 0 spiro atoms. The van der Waals surface area contributed by atoms with Crippen LogP contribution in [0.3, 0.4) is 0 Å². The van der Waals surface area contributed by atoms with Gasteiger partial charge in [0.25, 0.3) is 0 Å². The van der Waals surface area contributed by atoms with Crippen LogP contribution in [0.25, 0.3) is 44.1 Å². The number of rotatable bonds is 8. The molecule has 0 radical (unpaired) electrons. The summed E-state index contributed by atoms with van der Waals surface area (Å²) in [4.78, 5) is 8.52. The molecule has 0 saturated heterocycles. The molecule has 1 aliphatic carbocycles. The van der Waals surface area contributed by atoms with Gasteiger partial charge in [0.1, 0.15) is 0 Å². The van der Waals surface area contributed by atoms with Crippen LogP contribution in [-0.2, 0) is 0 Å². The van der Waals surface area contributed by atoms with Crippen LogP contribution in [-0.4, -0.2) is 4.98 Å². The van der Waals surface area contributed by atoms with Gasteiger partial charge in [-0.15, -0.1) is 0 Å². The minimum atomic E-state index is 0.429. The molecule has 1 atom stereocenters. The van der Waals surface area contributed by atoms with Crippen molar-refractivity contribution in [1.82, 2.24) is 4.98 Å². The number of nitrogens with one attached hydrogen (secondary N) is 1. The zero-order chi connectivity index (χ0) is 38.3. The SMILES string of the molecule is CC1=C(N(c2ccc(-c3ccc4[nH]c5ccc(-c6ccc(N(c7ccccc7C)c7ccccc7C)cc6)cc5c4c3)cc2)c2ccccc2C)C(C)CC=C1. The average molecular weight is 726 g/mol. The van der Waals surface area contributed by atoms with Gasteiger partial charge in [0.15, 0.2) is 0 Å². The minimum absolute atomic E-state index is 0.429. The fraction of sp³-hybridized carbons (Fsp3) is 0.132. The summed E-state index contributed by atoms with van der Waals surface area (Å²) in [6.45, 7) is 11.2. The standard InChI is InChI=1S/C53H47N3/c1-35-13-6-9-18-50(35)55(51-19-10-7-14-36(51)2)44-27-21-40(22-28-44)42-25-31-48-46(33-42)47-34-43(26-32-49(47)54-48)41-23-29-45(30-24-41)56(52-20-11-8-15-37(52)3)53-38(4)16-12-17-39(53)5/h6-16,18-34,39,54H,17H2,1-5H3. The first-order valence-corrected chi connectivity index (χ1v) is 19.7. The van der Waals surface area contributed by atoms with E-state index in [0.29, 0.717) is 5.92 Å². The molecule has 0 bridgehead atoms. The number of hydrogen-bond acceptors (Lipinski definition) is 2. The maximum Gasteiger partial charge on any atom is 0.0490 e. The number of fused-ring (bicyclic) bond motifs is 3. The Morgan fingerprint density at radius 2 is 0.875 bits per heavy atom. The van der Waals surface area contributed by atoms with E-state index in [1.807, 2.05) is 0 Å². The predicted octanol–water partition coefficient (Wildman–Crippen LogP) is 15.1. The van der Waals surface area contributed by atoms with Crippen LogP contribution in [0.4, 0.5) is 28.4 Å². The number of hydrogen-bond donors (Lipinski definition) is 1. The van der Waals surface area contributed by atoms with Crippen molar-refractivity contribution >= 4 is 50.2 Å². The van der Waals surface area contributed by atoms with Crippen molar-refractivity contribution in [2.24, 2.45) is 5.92 Å². The van der Waals surface area contributed by atoms with Crippen molar-refractivity contribution < 1.29 is 0 Å². The Morgan fingerprint density at radius 1 is 0.464 bits per heavy atom. The van der Waals surface area contributed by atoms with Crippen LogP contribution in [0.15, 0.2) is 181 Å². The first kappa shape index (κ1) is 35.1. The van der Waals surface area contributed by atoms with Crippen molar-refractivity contribution in [2.45, 2.75) is 41.0 Å². The molecule has 1 aliphatic rings. The number of benzene rings is 7. The van der Waals surface area contributed by atoms with E-state index in [-0.39, 0.29) is 0 Å². The van der Waals surface area contributed by atoms with Gasteiger partial charge < -0.3 is 14.8 Å². The first-order valence-electron chi connectivity index (χ1n) is 19.7. The van der Waals surface area contributed by atoms with Crippen LogP contribution in [0.2, 0.25) is 0 Å². The Hall–Kier alpha value is -6.58. The van der Waals surface area contributed by atoms with E-state index < -0.39 is 0 Å². The first-order chi connectivity index (χ1) is 27.3. The van der Waals surface area contributed by atoms with Gasteiger partial charge in [-0.05, 0) is 145 Å². The largest absolute Gasteiger partial charge is 0.355 e. The molecule has 9 rings (SSSR count). The Kier molecular flexibility index (Phi) is 9.15. The second-order valence-corrected chi connectivity index (χ2v) is 15.4. The van der Waals surface area contributed by atoms with E-state index in [2.05, 4.69) is 219 Å². The van der Waals surface area contributed by atoms with E-state index in [1.165, 1.54) is 83.7 Å². The highest BCUT2D eigenvalue weighted by Gasteiger charge is 2.24. The minimum Gasteiger partial charge on any atom is -0.355 e. The van der Waals surface area contributed by atoms with Crippen molar-refractivity contribution in [3.63, 3.8) is 0 Å². The second kappa shape index (κ2) is 14.6. The quantitative estimate of drug-likeness (QED) is 0.168. The molecule has 1 unspecified atom stereocenters. The van der Waals surface area contributed by atoms with Crippen molar-refractivity contribution in [2.75, 3.05) is 9.80 Å². The molecule has 1 N–H and O–H groups in total. The molecule has 0 amide bonds. The summed E-state index contributed by atoms with van der Waals surface area (Å²) in [5.41, 5.74) is 19.5. The number of aromatic nitrogens is 1. The van der Waals surface area contributed by atoms with Gasteiger partial charge >= 0.3 is 0 Å². The molecule has 1 aromatic heterocycles. The van der Waals surface area contributed by atoms with Gasteiger partial charge in [-0.3, -0.25) is 0 Å². The van der Waals surface area contributed by atoms with E-state index >= 15 is 0 Å². The normalized spacial score (nSPS) is 14.1. The summed E-state index contributed by atoms with van der Waals surface area (Å²) in [6, 6.07) is 57.7. The lowest BCUT2D eigenvalue weighted by Gasteiger charge is -2.35. The summed E-state index contributed by atoms with van der Waals surface area (Å²) >= 11 is 0. The number of aromatic amines is 1. The van der Waals surface area contributed by atoms with E-state index in [0.717, 1.165) is 23.1 Å². The van der Waals surface area contributed by atoms with Crippen molar-refractivity contribution in [3.8, 4) is 22.3 Å². The third-order valence-corrected chi connectivity index (χ3v) is 11.6. The Labute approximate surface area is 330 Å². The lowest BCUT2D eigenvalue weighted by atomic mass is 9.92. The van der Waals surface area contributed by atoms with Crippen LogP contribution in [0.5, 0.6) is 0 Å². The molecule has 0 aliphatic heterocycles. The highest BCUT2D eigenvalue weighted by atomic mass is 15.2. The van der Waals surface area contributed by atoms with Gasteiger partial charge in [-0.1, -0.05) is 110 Å². The fourth-order valence-corrected chi connectivity index (χ4v) is 8.55. The molecular formula is C53H47N3. The highest BCUT2D eigenvalue weighted by Crippen LogP contribution is 2.42. The molecule has 3 nitrogen and oxygen atoms in total. The Balaban J connectivity index is 1.05. The molecule has 8 aromatic rings. The third-order valence-electron chi connectivity index (χ3n) is 11.6. The Bertz CT molecular complexity index is 2740. The Morgan fingerprint density at radius 3 is 1.32 bits per heavy atom. The molecule has 0 fully saturated rings. The summed E-state index contributed by atoms with van der Waals surface area (Å²) in [7, 11) is 0. The summed E-state index contributed by atoms with van der Waals surface area (Å²) in [6.07, 6.45) is 5.63. The zero-order valence-corrected chi connectivity index (χ0v) is 32.8. The number of anilines is 5. The van der Waals surface area contributed by atoms with E-state index in [1.54, 1.807) is 0 Å². The van der Waals surface area contributed by atoms with E-state index in [9.17, 15) is 0 Å². The summed E-state index contributed by atoms with van der Waals surface area (Å²) in [5, 5.41) is 2.46. The number of para-hydroxylation sites is 3. The zero-order valence-electron chi connectivity index (χ0n) is 32.8. The van der Waals surface area contributed by atoms with Gasteiger partial charge in [-0.25, -0.2) is 0 Å².